The predicted molar refractivity (Wildman–Crippen MR) is 70.4 cm³/mol. The topological polar surface area (TPSA) is 58.3 Å². The van der Waals surface area contributed by atoms with E-state index in [4.69, 9.17) is 5.73 Å². The second-order valence-electron chi connectivity index (χ2n) is 5.63. The SMILES string of the molecule is CN1CCN(c2cc(N)nc(C(F)(F)F)n2)CC1(C)C. The van der Waals surface area contributed by atoms with Gasteiger partial charge in [-0.15, -0.1) is 0 Å². The first-order chi connectivity index (χ1) is 9.09. The molecule has 1 saturated heterocycles. The average molecular weight is 289 g/mol. The lowest BCUT2D eigenvalue weighted by molar-refractivity contribution is -0.144. The average Bonchev–Trinajstić information content (AvgIpc) is 2.30. The van der Waals surface area contributed by atoms with Crippen molar-refractivity contribution in [3.8, 4) is 0 Å². The number of nitrogens with zero attached hydrogens (tertiary/aromatic N) is 4. The molecule has 0 saturated carbocycles. The summed E-state index contributed by atoms with van der Waals surface area (Å²) in [6.45, 7) is 6.01. The first-order valence-corrected chi connectivity index (χ1v) is 6.27. The third-order valence-corrected chi connectivity index (χ3v) is 3.63. The molecular weight excluding hydrogens is 271 g/mol. The molecule has 1 aliphatic rings. The van der Waals surface area contributed by atoms with Gasteiger partial charge in [0.05, 0.1) is 0 Å². The van der Waals surface area contributed by atoms with Gasteiger partial charge in [0, 0.05) is 31.2 Å². The van der Waals surface area contributed by atoms with Crippen LogP contribution in [-0.2, 0) is 6.18 Å². The van der Waals surface area contributed by atoms with E-state index in [1.165, 1.54) is 6.07 Å². The molecule has 1 aromatic rings. The fourth-order valence-corrected chi connectivity index (χ4v) is 2.18. The molecule has 2 N–H and O–H groups in total. The summed E-state index contributed by atoms with van der Waals surface area (Å²) < 4.78 is 38.2. The summed E-state index contributed by atoms with van der Waals surface area (Å²) in [4.78, 5) is 10.8. The van der Waals surface area contributed by atoms with Gasteiger partial charge in [-0.3, -0.25) is 4.90 Å². The van der Waals surface area contributed by atoms with Gasteiger partial charge in [0.15, 0.2) is 0 Å². The van der Waals surface area contributed by atoms with Gasteiger partial charge in [0.1, 0.15) is 11.6 Å². The minimum atomic E-state index is -4.59. The third kappa shape index (κ3) is 2.95. The van der Waals surface area contributed by atoms with E-state index >= 15 is 0 Å². The molecule has 8 heteroatoms. The maximum Gasteiger partial charge on any atom is 0.451 e. The Balaban J connectivity index is 2.32. The zero-order chi connectivity index (χ0) is 15.1. The van der Waals surface area contributed by atoms with Crippen LogP contribution in [0.25, 0.3) is 0 Å². The molecule has 2 heterocycles. The van der Waals surface area contributed by atoms with Crippen molar-refractivity contribution in [1.29, 1.82) is 0 Å². The van der Waals surface area contributed by atoms with E-state index in [0.29, 0.717) is 13.1 Å². The van der Waals surface area contributed by atoms with Crippen LogP contribution in [0, 0.1) is 0 Å². The van der Waals surface area contributed by atoms with E-state index in [0.717, 1.165) is 6.54 Å². The van der Waals surface area contributed by atoms with Crippen molar-refractivity contribution in [3.63, 3.8) is 0 Å². The molecule has 0 amide bonds. The van der Waals surface area contributed by atoms with Gasteiger partial charge < -0.3 is 10.6 Å². The molecule has 0 spiro atoms. The Morgan fingerprint density at radius 1 is 1.25 bits per heavy atom. The lowest BCUT2D eigenvalue weighted by Crippen LogP contribution is -2.58. The third-order valence-electron chi connectivity index (χ3n) is 3.63. The van der Waals surface area contributed by atoms with E-state index in [2.05, 4.69) is 14.9 Å². The Kier molecular flexibility index (Phi) is 3.53. The quantitative estimate of drug-likeness (QED) is 0.851. The molecule has 20 heavy (non-hydrogen) atoms. The van der Waals surface area contributed by atoms with Crippen molar-refractivity contribution in [3.05, 3.63) is 11.9 Å². The maximum absolute atomic E-state index is 12.7. The van der Waals surface area contributed by atoms with Crippen LogP contribution in [0.5, 0.6) is 0 Å². The van der Waals surface area contributed by atoms with Crippen LogP contribution in [0.4, 0.5) is 24.8 Å². The monoisotopic (exact) mass is 289 g/mol. The van der Waals surface area contributed by atoms with Crippen molar-refractivity contribution in [2.75, 3.05) is 37.3 Å². The van der Waals surface area contributed by atoms with Gasteiger partial charge in [-0.05, 0) is 20.9 Å². The molecule has 1 aromatic heterocycles. The summed E-state index contributed by atoms with van der Waals surface area (Å²) in [5, 5.41) is 0. The summed E-state index contributed by atoms with van der Waals surface area (Å²) in [7, 11) is 1.99. The van der Waals surface area contributed by atoms with E-state index in [-0.39, 0.29) is 17.2 Å². The summed E-state index contributed by atoms with van der Waals surface area (Å²) in [6.07, 6.45) is -4.59. The molecule has 0 radical (unpaired) electrons. The minimum absolute atomic E-state index is 0.143. The van der Waals surface area contributed by atoms with Gasteiger partial charge in [0.2, 0.25) is 5.82 Å². The molecule has 0 atom stereocenters. The number of likely N-dealkylation sites (N-methyl/N-ethyl adjacent to an activating group) is 1. The molecule has 1 fully saturated rings. The fraction of sp³-hybridized carbons (Fsp3) is 0.667. The number of nitrogens with two attached hydrogens (primary N) is 1. The lowest BCUT2D eigenvalue weighted by Gasteiger charge is -2.45. The molecule has 112 valence electrons. The number of hydrogen-bond acceptors (Lipinski definition) is 5. The Morgan fingerprint density at radius 3 is 2.45 bits per heavy atom. The number of anilines is 2. The standard InChI is InChI=1S/C12H18F3N5/c1-11(2)7-20(5-4-19(11)3)9-6-8(16)17-10(18-9)12(13,14)15/h6H,4-5,7H2,1-3H3,(H2,16,17,18). The molecule has 0 aliphatic carbocycles. The van der Waals surface area contributed by atoms with Crippen LogP contribution in [0.3, 0.4) is 0 Å². The first-order valence-electron chi connectivity index (χ1n) is 6.27. The minimum Gasteiger partial charge on any atom is -0.384 e. The van der Waals surface area contributed by atoms with Gasteiger partial charge in [-0.25, -0.2) is 9.97 Å². The van der Waals surface area contributed by atoms with Crippen molar-refractivity contribution < 1.29 is 13.2 Å². The summed E-state index contributed by atoms with van der Waals surface area (Å²) in [6, 6.07) is 1.39. The number of piperazine rings is 1. The maximum atomic E-state index is 12.7. The lowest BCUT2D eigenvalue weighted by atomic mass is 10.00. The van der Waals surface area contributed by atoms with Gasteiger partial charge in [-0.1, -0.05) is 0 Å². The second-order valence-corrected chi connectivity index (χ2v) is 5.63. The van der Waals surface area contributed by atoms with Gasteiger partial charge in [-0.2, -0.15) is 13.2 Å². The zero-order valence-electron chi connectivity index (χ0n) is 11.7. The Labute approximate surface area is 115 Å². The highest BCUT2D eigenvalue weighted by atomic mass is 19.4. The summed E-state index contributed by atoms with van der Waals surface area (Å²) in [5.41, 5.74) is 5.33. The summed E-state index contributed by atoms with van der Waals surface area (Å²) >= 11 is 0. The van der Waals surface area contributed by atoms with Crippen molar-refractivity contribution in [1.82, 2.24) is 14.9 Å². The number of halogens is 3. The van der Waals surface area contributed by atoms with Crippen LogP contribution in [0.2, 0.25) is 0 Å². The van der Waals surface area contributed by atoms with Crippen molar-refractivity contribution in [2.24, 2.45) is 0 Å². The van der Waals surface area contributed by atoms with Crippen LogP contribution >= 0.6 is 0 Å². The Morgan fingerprint density at radius 2 is 1.90 bits per heavy atom. The van der Waals surface area contributed by atoms with Crippen molar-refractivity contribution >= 4 is 11.6 Å². The molecule has 5 nitrogen and oxygen atoms in total. The predicted octanol–water partition coefficient (Wildman–Crippen LogP) is 1.61. The molecule has 0 bridgehead atoms. The van der Waals surface area contributed by atoms with E-state index in [9.17, 15) is 13.2 Å². The molecule has 2 rings (SSSR count). The van der Waals surface area contributed by atoms with Gasteiger partial charge >= 0.3 is 6.18 Å². The Hall–Kier alpha value is -1.57. The number of hydrogen-bond donors (Lipinski definition) is 1. The zero-order valence-corrected chi connectivity index (χ0v) is 11.7. The number of nitrogen functional groups attached to an aromatic ring is 1. The van der Waals surface area contributed by atoms with Gasteiger partial charge in [0.25, 0.3) is 0 Å². The highest BCUT2D eigenvalue weighted by Gasteiger charge is 2.37. The molecule has 1 aliphatic heterocycles. The molecule has 0 aromatic carbocycles. The fourth-order valence-electron chi connectivity index (χ4n) is 2.18. The van der Waals surface area contributed by atoms with Crippen LogP contribution < -0.4 is 10.6 Å². The van der Waals surface area contributed by atoms with Crippen LogP contribution in [0.15, 0.2) is 6.07 Å². The summed E-state index contributed by atoms with van der Waals surface area (Å²) in [5.74, 6) is -1.13. The van der Waals surface area contributed by atoms with Crippen molar-refractivity contribution in [2.45, 2.75) is 25.6 Å². The van der Waals surface area contributed by atoms with E-state index < -0.39 is 12.0 Å². The highest BCUT2D eigenvalue weighted by Crippen LogP contribution is 2.30. The van der Waals surface area contributed by atoms with Crippen LogP contribution in [-0.4, -0.2) is 47.1 Å². The van der Waals surface area contributed by atoms with E-state index in [1.54, 1.807) is 0 Å². The normalized spacial score (nSPS) is 20.2. The molecule has 0 unspecified atom stereocenters. The second kappa shape index (κ2) is 4.76. The Bertz CT molecular complexity index is 500. The largest absolute Gasteiger partial charge is 0.451 e. The van der Waals surface area contributed by atoms with Crippen LogP contribution in [0.1, 0.15) is 19.7 Å². The van der Waals surface area contributed by atoms with E-state index in [1.807, 2.05) is 25.8 Å². The number of alkyl halides is 3. The smallest absolute Gasteiger partial charge is 0.384 e. The highest BCUT2D eigenvalue weighted by molar-refractivity contribution is 5.48. The number of rotatable bonds is 1. The first kappa shape index (κ1) is 14.8. The molecular formula is C12H18F3N5. The number of aromatic nitrogens is 2.